The second-order valence-corrected chi connectivity index (χ2v) is 12.8. The van der Waals surface area contributed by atoms with Gasteiger partial charge in [0.15, 0.2) is 11.8 Å². The Labute approximate surface area is 217 Å². The molecular weight excluding hydrogens is 520 g/mol. The summed E-state index contributed by atoms with van der Waals surface area (Å²) in [5.74, 6) is 0.609. The molecule has 2 aromatic carbocycles. The van der Waals surface area contributed by atoms with Crippen molar-refractivity contribution < 1.29 is 34.7 Å². The Bertz CT molecular complexity index is 1270. The van der Waals surface area contributed by atoms with Crippen molar-refractivity contribution in [1.29, 1.82) is 0 Å². The van der Waals surface area contributed by atoms with Crippen molar-refractivity contribution >= 4 is 32.0 Å². The average Bonchev–Trinajstić information content (AvgIpc) is 3.47. The third kappa shape index (κ3) is 6.75. The van der Waals surface area contributed by atoms with Crippen molar-refractivity contribution in [3.8, 4) is 0 Å². The molecule has 2 aromatic rings. The highest BCUT2D eigenvalue weighted by atomic mass is 32.2. The lowest BCUT2D eigenvalue weighted by Crippen LogP contribution is -2.34. The molecule has 0 spiro atoms. The van der Waals surface area contributed by atoms with E-state index in [1.54, 1.807) is 0 Å². The Hall–Kier alpha value is -2.80. The fourth-order valence-electron chi connectivity index (χ4n) is 4.11. The highest BCUT2D eigenvalue weighted by Gasteiger charge is 2.47. The first-order chi connectivity index (χ1) is 17.3. The molecule has 37 heavy (non-hydrogen) atoms. The third-order valence-corrected chi connectivity index (χ3v) is 7.10. The molecule has 0 amide bonds. The van der Waals surface area contributed by atoms with Crippen LogP contribution in [0.2, 0.25) is 0 Å². The van der Waals surface area contributed by atoms with E-state index in [1.807, 2.05) is 74.5 Å². The number of aliphatic imine (C=N–C) groups is 2. The zero-order valence-electron chi connectivity index (χ0n) is 21.0. The van der Waals surface area contributed by atoms with E-state index in [-0.39, 0.29) is 13.2 Å². The van der Waals surface area contributed by atoms with Crippen molar-refractivity contribution in [2.45, 2.75) is 38.1 Å². The van der Waals surface area contributed by atoms with Gasteiger partial charge in [0.05, 0.1) is 25.7 Å². The van der Waals surface area contributed by atoms with E-state index in [1.165, 1.54) is 0 Å². The summed E-state index contributed by atoms with van der Waals surface area (Å²) in [6.45, 7) is 3.27. The number of rotatable bonds is 10. The van der Waals surface area contributed by atoms with Crippen LogP contribution in [0.25, 0.3) is 0 Å². The van der Waals surface area contributed by atoms with Gasteiger partial charge in [-0.3, -0.25) is 8.37 Å². The predicted molar refractivity (Wildman–Crippen MR) is 138 cm³/mol. The zero-order chi connectivity index (χ0) is 26.8. The molecule has 0 saturated heterocycles. The molecule has 0 unspecified atom stereocenters. The van der Waals surface area contributed by atoms with Crippen LogP contribution in [0.4, 0.5) is 0 Å². The van der Waals surface area contributed by atoms with Crippen LogP contribution in [0.5, 0.6) is 0 Å². The molecule has 0 aromatic heterocycles. The first kappa shape index (κ1) is 27.2. The van der Waals surface area contributed by atoms with Gasteiger partial charge in [-0.25, -0.2) is 9.98 Å². The Morgan fingerprint density at radius 3 is 1.38 bits per heavy atom. The summed E-state index contributed by atoms with van der Waals surface area (Å²) in [5, 5.41) is 0. The molecule has 2 aliphatic rings. The van der Waals surface area contributed by atoms with Crippen molar-refractivity contribution in [1.82, 2.24) is 0 Å². The van der Waals surface area contributed by atoms with E-state index in [2.05, 4.69) is 0 Å². The van der Waals surface area contributed by atoms with Crippen LogP contribution >= 0.6 is 0 Å². The Morgan fingerprint density at radius 1 is 0.703 bits per heavy atom. The number of hydrogen-bond acceptors (Lipinski definition) is 10. The maximum Gasteiger partial charge on any atom is 0.264 e. The second kappa shape index (κ2) is 10.5. The summed E-state index contributed by atoms with van der Waals surface area (Å²) in [6, 6.07) is 17.4. The first-order valence-corrected chi connectivity index (χ1v) is 15.3. The Balaban J connectivity index is 1.63. The first-order valence-electron chi connectivity index (χ1n) is 11.6. The van der Waals surface area contributed by atoms with Gasteiger partial charge in [-0.2, -0.15) is 16.8 Å². The van der Waals surface area contributed by atoms with Gasteiger partial charge in [0.2, 0.25) is 0 Å². The van der Waals surface area contributed by atoms with Crippen LogP contribution in [-0.4, -0.2) is 66.4 Å². The number of nitrogens with zero attached hydrogens (tertiary/aromatic N) is 2. The normalized spacial score (nSPS) is 24.2. The van der Waals surface area contributed by atoms with Crippen molar-refractivity contribution in [3.05, 3.63) is 71.8 Å². The highest BCUT2D eigenvalue weighted by molar-refractivity contribution is 7.86. The molecule has 0 aliphatic carbocycles. The van der Waals surface area contributed by atoms with Crippen LogP contribution in [0.3, 0.4) is 0 Å². The van der Waals surface area contributed by atoms with Crippen LogP contribution in [-0.2, 0) is 38.1 Å². The third-order valence-electron chi connectivity index (χ3n) is 5.97. The summed E-state index contributed by atoms with van der Waals surface area (Å²) >= 11 is 0. The average molecular weight is 551 g/mol. The lowest BCUT2D eigenvalue weighted by atomic mass is 9.93. The second-order valence-electron chi connectivity index (χ2n) is 9.50. The topological polar surface area (TPSA) is 130 Å². The summed E-state index contributed by atoms with van der Waals surface area (Å²) in [4.78, 5) is 9.38. The van der Waals surface area contributed by atoms with Crippen LogP contribution in [0, 0.1) is 5.41 Å². The summed E-state index contributed by atoms with van der Waals surface area (Å²) in [7, 11) is -7.37. The smallest absolute Gasteiger partial charge is 0.264 e. The van der Waals surface area contributed by atoms with Gasteiger partial charge in [0.1, 0.15) is 29.7 Å². The highest BCUT2D eigenvalue weighted by Crippen LogP contribution is 2.40. The molecule has 0 fully saturated rings. The van der Waals surface area contributed by atoms with Crippen LogP contribution < -0.4 is 0 Å². The zero-order valence-corrected chi connectivity index (χ0v) is 22.6. The largest absolute Gasteiger partial charge is 0.470 e. The van der Waals surface area contributed by atoms with E-state index in [0.717, 1.165) is 23.6 Å². The molecule has 0 bridgehead atoms. The minimum absolute atomic E-state index is 0.192. The maximum atomic E-state index is 11.7. The van der Waals surface area contributed by atoms with Gasteiger partial charge in [0.25, 0.3) is 20.2 Å². The van der Waals surface area contributed by atoms with E-state index in [0.29, 0.717) is 11.8 Å². The Kier molecular flexibility index (Phi) is 7.75. The summed E-state index contributed by atoms with van der Waals surface area (Å²) < 4.78 is 69.3. The molecule has 0 N–H and O–H groups in total. The number of ether oxygens (including phenoxy) is 2. The molecule has 200 valence electrons. The van der Waals surface area contributed by atoms with E-state index >= 15 is 0 Å². The SMILES string of the molecule is CC(C)(C1=N[C@@H](COS(C)(=O)=O)[C@H](c2ccccc2)O1)C1=N[C@@H](COS(C)(=O)=O)[C@H](c2ccccc2)O1. The summed E-state index contributed by atoms with van der Waals surface area (Å²) in [5.41, 5.74) is 0.671. The van der Waals surface area contributed by atoms with Gasteiger partial charge in [-0.1, -0.05) is 60.7 Å². The van der Waals surface area contributed by atoms with Crippen molar-refractivity contribution in [3.63, 3.8) is 0 Å². The summed E-state index contributed by atoms with van der Waals surface area (Å²) in [6.07, 6.45) is 0.818. The molecule has 10 nitrogen and oxygen atoms in total. The number of hydrogen-bond donors (Lipinski definition) is 0. The quantitative estimate of drug-likeness (QED) is 0.413. The fourth-order valence-corrected chi connectivity index (χ4v) is 4.88. The number of benzene rings is 2. The Morgan fingerprint density at radius 2 is 1.05 bits per heavy atom. The molecule has 2 heterocycles. The lowest BCUT2D eigenvalue weighted by Gasteiger charge is -2.26. The predicted octanol–water partition coefficient (Wildman–Crippen LogP) is 3.04. The fraction of sp³-hybridized carbons (Fsp3) is 0.440. The van der Waals surface area contributed by atoms with Crippen LogP contribution in [0.1, 0.15) is 37.2 Å². The van der Waals surface area contributed by atoms with E-state index in [4.69, 9.17) is 27.8 Å². The minimum Gasteiger partial charge on any atom is -0.470 e. The maximum absolute atomic E-state index is 11.7. The molecule has 12 heteroatoms. The van der Waals surface area contributed by atoms with Gasteiger partial charge in [-0.05, 0) is 25.0 Å². The van der Waals surface area contributed by atoms with Gasteiger partial charge < -0.3 is 9.47 Å². The molecule has 0 saturated carbocycles. The molecular formula is C25H30N2O8S2. The molecule has 4 atom stereocenters. The van der Waals surface area contributed by atoms with Gasteiger partial charge in [-0.15, -0.1) is 0 Å². The molecule has 0 radical (unpaired) electrons. The van der Waals surface area contributed by atoms with Crippen LogP contribution in [0.15, 0.2) is 70.6 Å². The lowest BCUT2D eigenvalue weighted by molar-refractivity contribution is 0.139. The van der Waals surface area contributed by atoms with Gasteiger partial charge in [0, 0.05) is 0 Å². The van der Waals surface area contributed by atoms with E-state index < -0.39 is 49.9 Å². The monoisotopic (exact) mass is 550 g/mol. The van der Waals surface area contributed by atoms with Gasteiger partial charge >= 0.3 is 0 Å². The molecule has 4 rings (SSSR count). The van der Waals surface area contributed by atoms with Crippen molar-refractivity contribution in [2.24, 2.45) is 15.4 Å². The molecule has 2 aliphatic heterocycles. The van der Waals surface area contributed by atoms with E-state index in [9.17, 15) is 16.8 Å². The van der Waals surface area contributed by atoms with Crippen molar-refractivity contribution in [2.75, 3.05) is 25.7 Å². The minimum atomic E-state index is -3.69. The standard InChI is InChI=1S/C25H30N2O8S2/c1-25(2,23-26-19(15-32-36(3,28)29)21(34-23)17-11-7-5-8-12-17)24-27-20(16-33-37(4,30)31)22(35-24)18-13-9-6-10-14-18/h5-14,19-22H,15-16H2,1-4H3/t19-,20-,21-,22-/m0/s1.